The lowest BCUT2D eigenvalue weighted by Gasteiger charge is -2.31. The minimum Gasteiger partial charge on any atom is -0.466 e. The Labute approximate surface area is 184 Å². The summed E-state index contributed by atoms with van der Waals surface area (Å²) < 4.78 is 12.3. The number of rotatable bonds is 6. The van der Waals surface area contributed by atoms with Crippen molar-refractivity contribution in [3.05, 3.63) is 47.6 Å². The summed E-state index contributed by atoms with van der Waals surface area (Å²) in [7, 11) is 0. The van der Waals surface area contributed by atoms with Crippen LogP contribution in [0, 0.1) is 5.92 Å². The third kappa shape index (κ3) is 4.80. The Morgan fingerprint density at radius 1 is 1.29 bits per heavy atom. The fourth-order valence-electron chi connectivity index (χ4n) is 3.72. The molecule has 1 amide bonds. The molecule has 0 bridgehead atoms. The maximum Gasteiger partial charge on any atom is 0.310 e. The molecule has 1 fully saturated rings. The number of benzene rings is 1. The van der Waals surface area contributed by atoms with Gasteiger partial charge in [-0.05, 0) is 44.0 Å². The quantitative estimate of drug-likeness (QED) is 0.541. The summed E-state index contributed by atoms with van der Waals surface area (Å²) in [6.45, 7) is 3.26. The average molecular weight is 443 g/mol. The van der Waals surface area contributed by atoms with Gasteiger partial charge >= 0.3 is 5.97 Å². The summed E-state index contributed by atoms with van der Waals surface area (Å²) in [4.78, 5) is 31.2. The highest BCUT2D eigenvalue weighted by atomic mass is 35.5. The molecular weight excluding hydrogens is 420 g/mol. The van der Waals surface area contributed by atoms with Gasteiger partial charge in [0.2, 0.25) is 11.7 Å². The van der Waals surface area contributed by atoms with Crippen molar-refractivity contribution in [3.63, 3.8) is 0 Å². The van der Waals surface area contributed by atoms with Gasteiger partial charge in [-0.1, -0.05) is 28.9 Å². The highest BCUT2D eigenvalue weighted by Crippen LogP contribution is 2.25. The van der Waals surface area contributed by atoms with Crippen LogP contribution in [0.1, 0.15) is 19.8 Å². The smallest absolute Gasteiger partial charge is 0.310 e. The minimum atomic E-state index is -0.266. The molecule has 31 heavy (non-hydrogen) atoms. The van der Waals surface area contributed by atoms with Gasteiger partial charge in [0.1, 0.15) is 12.2 Å². The largest absolute Gasteiger partial charge is 0.466 e. The van der Waals surface area contributed by atoms with Crippen LogP contribution in [0.3, 0.4) is 0 Å². The summed E-state index contributed by atoms with van der Waals surface area (Å²) in [5, 5.41) is 4.62. The fraction of sp³-hybridized carbons (Fsp3) is 0.364. The minimum absolute atomic E-state index is 0.0685. The van der Waals surface area contributed by atoms with E-state index < -0.39 is 0 Å². The van der Waals surface area contributed by atoms with E-state index in [2.05, 4.69) is 10.1 Å². The Morgan fingerprint density at radius 3 is 2.97 bits per heavy atom. The highest BCUT2D eigenvalue weighted by Gasteiger charge is 2.29. The summed E-state index contributed by atoms with van der Waals surface area (Å²) in [5.74, 6) is 0.167. The van der Waals surface area contributed by atoms with E-state index in [-0.39, 0.29) is 24.3 Å². The van der Waals surface area contributed by atoms with Crippen LogP contribution in [0.25, 0.3) is 23.0 Å². The number of amides is 1. The van der Waals surface area contributed by atoms with Crippen molar-refractivity contribution < 1.29 is 18.8 Å². The number of nitrogens with zero attached hydrogens (tertiary/aromatic N) is 4. The summed E-state index contributed by atoms with van der Waals surface area (Å²) >= 11 is 6.04. The van der Waals surface area contributed by atoms with E-state index in [0.717, 1.165) is 18.4 Å². The number of carbonyl (C=O) groups is 2. The number of esters is 1. The molecule has 3 aromatic rings. The van der Waals surface area contributed by atoms with Gasteiger partial charge < -0.3 is 18.7 Å². The van der Waals surface area contributed by atoms with E-state index in [1.54, 1.807) is 34.7 Å². The lowest BCUT2D eigenvalue weighted by Crippen LogP contribution is -2.44. The second kappa shape index (κ2) is 9.34. The van der Waals surface area contributed by atoms with Gasteiger partial charge in [-0.3, -0.25) is 9.59 Å². The first-order valence-corrected chi connectivity index (χ1v) is 10.6. The van der Waals surface area contributed by atoms with Crippen LogP contribution >= 0.6 is 11.6 Å². The van der Waals surface area contributed by atoms with Crippen LogP contribution < -0.4 is 0 Å². The molecule has 2 aromatic heterocycles. The molecule has 162 valence electrons. The lowest BCUT2D eigenvalue weighted by atomic mass is 9.98. The topological polar surface area (TPSA) is 90.5 Å². The molecule has 0 radical (unpaired) electrons. The molecule has 0 N–H and O–H groups in total. The van der Waals surface area contributed by atoms with Gasteiger partial charge in [0.05, 0.1) is 12.5 Å². The maximum absolute atomic E-state index is 12.9. The van der Waals surface area contributed by atoms with Crippen LogP contribution in [-0.2, 0) is 20.9 Å². The van der Waals surface area contributed by atoms with E-state index in [4.69, 9.17) is 20.9 Å². The second-order valence-corrected chi connectivity index (χ2v) is 7.82. The molecule has 1 unspecified atom stereocenters. The van der Waals surface area contributed by atoms with Crippen LogP contribution in [0.2, 0.25) is 5.02 Å². The first kappa shape index (κ1) is 21.1. The molecule has 0 spiro atoms. The standard InChI is InChI=1S/C22H23ClN4O4/c1-2-30-22(29)16-7-4-11-27(13-16)19(28)14-26-10-5-9-18(26)21-24-20(25-31-21)15-6-3-8-17(23)12-15/h3,5-6,8-10,12,16H,2,4,7,11,13-14H2,1H3. The molecule has 1 aromatic carbocycles. The predicted octanol–water partition coefficient (Wildman–Crippen LogP) is 3.66. The number of ether oxygens (including phenoxy) is 1. The molecule has 9 heteroatoms. The number of hydrogen-bond acceptors (Lipinski definition) is 6. The first-order valence-electron chi connectivity index (χ1n) is 10.2. The number of piperidine rings is 1. The van der Waals surface area contributed by atoms with Gasteiger partial charge in [0, 0.05) is 29.9 Å². The molecule has 1 aliphatic rings. The zero-order valence-electron chi connectivity index (χ0n) is 17.2. The third-order valence-electron chi connectivity index (χ3n) is 5.26. The van der Waals surface area contributed by atoms with E-state index in [1.807, 2.05) is 24.3 Å². The normalized spacial score (nSPS) is 16.3. The third-order valence-corrected chi connectivity index (χ3v) is 5.49. The van der Waals surface area contributed by atoms with Crippen molar-refractivity contribution in [1.29, 1.82) is 0 Å². The molecule has 1 aliphatic heterocycles. The molecule has 0 saturated carbocycles. The number of aromatic nitrogens is 3. The highest BCUT2D eigenvalue weighted by molar-refractivity contribution is 6.30. The van der Waals surface area contributed by atoms with Crippen molar-refractivity contribution in [2.45, 2.75) is 26.3 Å². The zero-order chi connectivity index (χ0) is 21.8. The zero-order valence-corrected chi connectivity index (χ0v) is 17.9. The van der Waals surface area contributed by atoms with Crippen LogP contribution in [0.5, 0.6) is 0 Å². The Hall–Kier alpha value is -3.13. The molecule has 8 nitrogen and oxygen atoms in total. The van der Waals surface area contributed by atoms with Gasteiger partial charge in [-0.15, -0.1) is 0 Å². The molecule has 0 aliphatic carbocycles. The SMILES string of the molecule is CCOC(=O)C1CCCN(C(=O)Cn2cccc2-c2nc(-c3cccc(Cl)c3)no2)C1. The number of carbonyl (C=O) groups excluding carboxylic acids is 2. The van der Waals surface area contributed by atoms with Crippen molar-refractivity contribution in [1.82, 2.24) is 19.6 Å². The summed E-state index contributed by atoms with van der Waals surface area (Å²) in [6, 6.07) is 10.8. The van der Waals surface area contributed by atoms with Crippen molar-refractivity contribution in [3.8, 4) is 23.0 Å². The molecule has 1 saturated heterocycles. The van der Waals surface area contributed by atoms with Crippen molar-refractivity contribution >= 4 is 23.5 Å². The first-order chi connectivity index (χ1) is 15.0. The van der Waals surface area contributed by atoms with Crippen LogP contribution in [0.4, 0.5) is 0 Å². The summed E-state index contributed by atoms with van der Waals surface area (Å²) in [5.41, 5.74) is 1.39. The van der Waals surface area contributed by atoms with Crippen molar-refractivity contribution in [2.75, 3.05) is 19.7 Å². The number of hydrogen-bond donors (Lipinski definition) is 0. The fourth-order valence-corrected chi connectivity index (χ4v) is 3.91. The molecule has 1 atom stereocenters. The lowest BCUT2D eigenvalue weighted by molar-refractivity contribution is -0.151. The Balaban J connectivity index is 1.47. The van der Waals surface area contributed by atoms with E-state index in [9.17, 15) is 9.59 Å². The molecule has 4 rings (SSSR count). The second-order valence-electron chi connectivity index (χ2n) is 7.39. The van der Waals surface area contributed by atoms with Gasteiger partial charge in [0.15, 0.2) is 0 Å². The average Bonchev–Trinajstić information content (AvgIpc) is 3.43. The Kier molecular flexibility index (Phi) is 6.36. The molecule has 3 heterocycles. The number of likely N-dealkylation sites (tertiary alicyclic amines) is 1. The number of halogens is 1. The Morgan fingerprint density at radius 2 is 2.16 bits per heavy atom. The van der Waals surface area contributed by atoms with Gasteiger partial charge in [-0.2, -0.15) is 4.98 Å². The maximum atomic E-state index is 12.9. The van der Waals surface area contributed by atoms with E-state index in [1.165, 1.54) is 0 Å². The van der Waals surface area contributed by atoms with Crippen molar-refractivity contribution in [2.24, 2.45) is 5.92 Å². The predicted molar refractivity (Wildman–Crippen MR) is 114 cm³/mol. The summed E-state index contributed by atoms with van der Waals surface area (Å²) in [6.07, 6.45) is 3.31. The van der Waals surface area contributed by atoms with Gasteiger partial charge in [-0.25, -0.2) is 0 Å². The van der Waals surface area contributed by atoms with E-state index >= 15 is 0 Å². The van der Waals surface area contributed by atoms with Crippen LogP contribution in [-0.4, -0.2) is 51.2 Å². The molecular formula is C22H23ClN4O4. The van der Waals surface area contributed by atoms with Crippen LogP contribution in [0.15, 0.2) is 47.1 Å². The monoisotopic (exact) mass is 442 g/mol. The van der Waals surface area contributed by atoms with Gasteiger partial charge in [0.25, 0.3) is 5.89 Å². The van der Waals surface area contributed by atoms with E-state index in [0.29, 0.717) is 42.1 Å². The Bertz CT molecular complexity index is 1080.